The third-order valence-corrected chi connectivity index (χ3v) is 16.4. The molecule has 0 amide bonds. The van der Waals surface area contributed by atoms with Gasteiger partial charge in [0.15, 0.2) is 0 Å². The van der Waals surface area contributed by atoms with Gasteiger partial charge in [-0.15, -0.1) is 0 Å². The smallest absolute Gasteiger partial charge is 0.0720 e. The number of hydrogen-bond acceptors (Lipinski definition) is 1. The van der Waals surface area contributed by atoms with Gasteiger partial charge in [0, 0.05) is 22.5 Å². The molecular formula is C71H51N. The maximum Gasteiger partial charge on any atom is 0.0720 e. The van der Waals surface area contributed by atoms with E-state index in [-0.39, 0.29) is 5.41 Å². The summed E-state index contributed by atoms with van der Waals surface area (Å²) in [6.45, 7) is 4.72. The summed E-state index contributed by atoms with van der Waals surface area (Å²) in [5, 5.41) is 0. The predicted molar refractivity (Wildman–Crippen MR) is 299 cm³/mol. The Morgan fingerprint density at radius 1 is 0.250 bits per heavy atom. The van der Waals surface area contributed by atoms with Crippen LogP contribution < -0.4 is 4.90 Å². The molecule has 0 spiro atoms. The molecule has 0 radical (unpaired) electrons. The van der Waals surface area contributed by atoms with Crippen LogP contribution in [-0.4, -0.2) is 0 Å². The van der Waals surface area contributed by atoms with Crippen LogP contribution >= 0.6 is 0 Å². The van der Waals surface area contributed by atoms with Crippen molar-refractivity contribution in [2.75, 3.05) is 4.90 Å². The van der Waals surface area contributed by atoms with Crippen molar-refractivity contribution >= 4 is 17.1 Å². The first kappa shape index (κ1) is 42.1. The molecule has 0 aromatic heterocycles. The Labute approximate surface area is 423 Å². The van der Waals surface area contributed by atoms with Gasteiger partial charge < -0.3 is 4.90 Å². The number of rotatable bonds is 8. The molecule has 0 bridgehead atoms. The van der Waals surface area contributed by atoms with Crippen LogP contribution in [0.4, 0.5) is 17.1 Å². The van der Waals surface area contributed by atoms with E-state index in [9.17, 15) is 0 Å². The molecule has 2 unspecified atom stereocenters. The quantitative estimate of drug-likeness (QED) is 0.147. The molecular weight excluding hydrogens is 867 g/mol. The average molecular weight is 918 g/mol. The van der Waals surface area contributed by atoms with Crippen molar-refractivity contribution in [3.63, 3.8) is 0 Å². The predicted octanol–water partition coefficient (Wildman–Crippen LogP) is 17.9. The molecule has 11 aromatic carbocycles. The standard InChI is InChI=1S/C71H51N/c1-69(2)62-31-14-12-28-58(62)60-45-44-57(47-67(60)69)72(55-40-36-49(37-41-55)48-20-6-3-7-21-48)56-42-38-50(39-43-56)51-22-18-27-54(46-51)70(52-23-8-4-9-24-52)64-33-16-17-34-65(64)71(53-25-10-5-11-26-53)63-32-15-13-29-59(63)61-30-19-35-66(70)68(61)71/h3-47H,1-2H3. The van der Waals surface area contributed by atoms with Crippen LogP contribution in [0.5, 0.6) is 0 Å². The molecule has 1 nitrogen and oxygen atoms in total. The first-order chi connectivity index (χ1) is 35.5. The number of hydrogen-bond donors (Lipinski definition) is 0. The molecule has 340 valence electrons. The molecule has 0 fully saturated rings. The second kappa shape index (κ2) is 16.1. The maximum absolute atomic E-state index is 2.47. The molecule has 3 aliphatic carbocycles. The Morgan fingerprint density at radius 3 is 1.32 bits per heavy atom. The van der Waals surface area contributed by atoms with Crippen molar-refractivity contribution in [3.8, 4) is 44.5 Å². The molecule has 0 saturated carbocycles. The van der Waals surface area contributed by atoms with E-state index in [0.29, 0.717) is 0 Å². The van der Waals surface area contributed by atoms with Gasteiger partial charge in [0.05, 0.1) is 10.8 Å². The topological polar surface area (TPSA) is 3.24 Å². The van der Waals surface area contributed by atoms with Gasteiger partial charge in [-0.25, -0.2) is 0 Å². The molecule has 0 N–H and O–H groups in total. The normalized spacial score (nSPS) is 17.2. The fourth-order valence-electron chi connectivity index (χ4n) is 13.3. The van der Waals surface area contributed by atoms with Crippen LogP contribution in [0.25, 0.3) is 44.5 Å². The number of nitrogens with zero attached hydrogens (tertiary/aromatic N) is 1. The van der Waals surface area contributed by atoms with Gasteiger partial charge in [-0.1, -0.05) is 244 Å². The second-order valence-corrected chi connectivity index (χ2v) is 20.3. The highest BCUT2D eigenvalue weighted by Gasteiger charge is 2.57. The van der Waals surface area contributed by atoms with Crippen LogP contribution in [0.3, 0.4) is 0 Å². The Bertz CT molecular complexity index is 3870. The van der Waals surface area contributed by atoms with Gasteiger partial charge >= 0.3 is 0 Å². The van der Waals surface area contributed by atoms with Crippen LogP contribution in [0.15, 0.2) is 273 Å². The van der Waals surface area contributed by atoms with Gasteiger partial charge in [0.1, 0.15) is 0 Å². The van der Waals surface area contributed by atoms with Crippen LogP contribution in [0.1, 0.15) is 69.5 Å². The van der Waals surface area contributed by atoms with Crippen LogP contribution in [0, 0.1) is 0 Å². The molecule has 0 aliphatic heterocycles. The van der Waals surface area contributed by atoms with Crippen molar-refractivity contribution in [3.05, 3.63) is 329 Å². The van der Waals surface area contributed by atoms with E-state index < -0.39 is 10.8 Å². The van der Waals surface area contributed by atoms with E-state index in [0.717, 1.165) is 17.1 Å². The summed E-state index contributed by atoms with van der Waals surface area (Å²) < 4.78 is 0. The molecule has 3 aliphatic rings. The lowest BCUT2D eigenvalue weighted by molar-refractivity contribution is 0.627. The Balaban J connectivity index is 0.928. The Morgan fingerprint density at radius 2 is 0.667 bits per heavy atom. The minimum Gasteiger partial charge on any atom is -0.310 e. The Kier molecular flexibility index (Phi) is 9.44. The summed E-state index contributed by atoms with van der Waals surface area (Å²) >= 11 is 0. The van der Waals surface area contributed by atoms with Crippen LogP contribution in [-0.2, 0) is 16.2 Å². The van der Waals surface area contributed by atoms with E-state index in [2.05, 4.69) is 292 Å². The lowest BCUT2D eigenvalue weighted by atomic mass is 9.51. The van der Waals surface area contributed by atoms with E-state index in [1.165, 1.54) is 100 Å². The van der Waals surface area contributed by atoms with Crippen molar-refractivity contribution in [2.24, 2.45) is 0 Å². The molecule has 1 heteroatoms. The first-order valence-corrected chi connectivity index (χ1v) is 25.3. The highest BCUT2D eigenvalue weighted by Crippen LogP contribution is 2.66. The van der Waals surface area contributed by atoms with Crippen molar-refractivity contribution in [2.45, 2.75) is 30.1 Å². The largest absolute Gasteiger partial charge is 0.310 e. The molecule has 14 rings (SSSR count). The maximum atomic E-state index is 2.47. The highest BCUT2D eigenvalue weighted by atomic mass is 15.1. The lowest BCUT2D eigenvalue weighted by Crippen LogP contribution is -2.44. The molecule has 11 aromatic rings. The highest BCUT2D eigenvalue weighted by molar-refractivity contribution is 5.92. The van der Waals surface area contributed by atoms with Crippen molar-refractivity contribution < 1.29 is 0 Å². The van der Waals surface area contributed by atoms with Gasteiger partial charge in [-0.2, -0.15) is 0 Å². The van der Waals surface area contributed by atoms with E-state index in [4.69, 9.17) is 0 Å². The van der Waals surface area contributed by atoms with Gasteiger partial charge in [0.2, 0.25) is 0 Å². The summed E-state index contributed by atoms with van der Waals surface area (Å²) in [5.41, 5.74) is 25.4. The minimum absolute atomic E-state index is 0.123. The minimum atomic E-state index is -0.622. The molecule has 0 saturated heterocycles. The zero-order valence-electron chi connectivity index (χ0n) is 40.4. The first-order valence-electron chi connectivity index (χ1n) is 25.3. The third-order valence-electron chi connectivity index (χ3n) is 16.4. The monoisotopic (exact) mass is 917 g/mol. The third kappa shape index (κ3) is 5.95. The average Bonchev–Trinajstić information content (AvgIpc) is 3.89. The van der Waals surface area contributed by atoms with Crippen molar-refractivity contribution in [1.29, 1.82) is 0 Å². The van der Waals surface area contributed by atoms with Gasteiger partial charge in [-0.05, 0) is 143 Å². The number of fused-ring (bicyclic) bond motifs is 8. The zero-order chi connectivity index (χ0) is 48.0. The fraction of sp³-hybridized carbons (Fsp3) is 0.0704. The Hall–Kier alpha value is -8.78. The molecule has 72 heavy (non-hydrogen) atoms. The summed E-state index contributed by atoms with van der Waals surface area (Å²) in [4.78, 5) is 2.42. The summed E-state index contributed by atoms with van der Waals surface area (Å²) in [6, 6.07) is 102. The SMILES string of the molecule is CC1(C)c2ccccc2-c2ccc(N(c3ccc(-c4ccccc4)cc3)c3ccc(-c4cccc(C5(c6ccccc6)c6ccccc6C6(c7ccccc7)c7ccccc7-c7cccc5c76)c4)cc3)cc21. The van der Waals surface area contributed by atoms with E-state index in [1.807, 2.05) is 0 Å². The van der Waals surface area contributed by atoms with Gasteiger partial charge in [0.25, 0.3) is 0 Å². The zero-order valence-corrected chi connectivity index (χ0v) is 40.4. The second-order valence-electron chi connectivity index (χ2n) is 20.3. The lowest BCUT2D eigenvalue weighted by Gasteiger charge is -2.49. The number of benzene rings is 11. The van der Waals surface area contributed by atoms with E-state index in [1.54, 1.807) is 0 Å². The van der Waals surface area contributed by atoms with Crippen molar-refractivity contribution in [1.82, 2.24) is 0 Å². The molecule has 2 atom stereocenters. The fourth-order valence-corrected chi connectivity index (χ4v) is 13.3. The van der Waals surface area contributed by atoms with Gasteiger partial charge in [-0.3, -0.25) is 0 Å². The summed E-state index contributed by atoms with van der Waals surface area (Å²) in [7, 11) is 0. The van der Waals surface area contributed by atoms with E-state index >= 15 is 0 Å². The summed E-state index contributed by atoms with van der Waals surface area (Å²) in [6.07, 6.45) is 0. The number of anilines is 3. The molecule has 0 heterocycles. The van der Waals surface area contributed by atoms with Crippen LogP contribution in [0.2, 0.25) is 0 Å². The summed E-state index contributed by atoms with van der Waals surface area (Å²) in [5.74, 6) is 0.